The Balaban J connectivity index is 1.60. The van der Waals surface area contributed by atoms with Gasteiger partial charge in [0, 0.05) is 0 Å². The van der Waals surface area contributed by atoms with Gasteiger partial charge in [-0.15, -0.1) is 0 Å². The van der Waals surface area contributed by atoms with Gasteiger partial charge in [-0.3, -0.25) is 4.55 Å². The lowest BCUT2D eigenvalue weighted by Gasteiger charge is -2.58. The first-order valence-electron chi connectivity index (χ1n) is 9.68. The van der Waals surface area contributed by atoms with Gasteiger partial charge in [0.1, 0.15) is 0 Å². The van der Waals surface area contributed by atoms with E-state index in [1.807, 2.05) is 6.08 Å². The molecule has 0 radical (unpaired) electrons. The molecule has 0 aromatic carbocycles. The van der Waals surface area contributed by atoms with Gasteiger partial charge in [0.15, 0.2) is 0 Å². The predicted molar refractivity (Wildman–Crippen MR) is 94.1 cm³/mol. The first-order valence-corrected chi connectivity index (χ1v) is 11.0. The first kappa shape index (κ1) is 18.0. The van der Waals surface area contributed by atoms with Gasteiger partial charge in [0.05, 0.1) is 12.2 Å². The Labute approximate surface area is 150 Å². The van der Waals surface area contributed by atoms with Crippen molar-refractivity contribution in [3.63, 3.8) is 0 Å². The van der Waals surface area contributed by atoms with Crippen LogP contribution in [0, 0.1) is 28.6 Å². The molecule has 5 nitrogen and oxygen atoms in total. The second kappa shape index (κ2) is 5.78. The van der Waals surface area contributed by atoms with Gasteiger partial charge in [0.2, 0.25) is 0 Å². The molecule has 4 aliphatic rings. The Morgan fingerprint density at radius 1 is 1.08 bits per heavy atom. The molecule has 2 N–H and O–H groups in total. The quantitative estimate of drug-likeness (QED) is 0.574. The van der Waals surface area contributed by atoms with Gasteiger partial charge in [-0.1, -0.05) is 25.5 Å². The summed E-state index contributed by atoms with van der Waals surface area (Å²) in [7, 11) is -4.40. The molecule has 3 fully saturated rings. The van der Waals surface area contributed by atoms with Crippen molar-refractivity contribution >= 4 is 10.4 Å². The molecule has 4 aliphatic carbocycles. The van der Waals surface area contributed by atoms with E-state index in [9.17, 15) is 13.5 Å². The zero-order valence-electron chi connectivity index (χ0n) is 15.1. The monoisotopic (exact) mass is 370 g/mol. The third-order valence-corrected chi connectivity index (χ3v) is 8.76. The van der Waals surface area contributed by atoms with Crippen molar-refractivity contribution in [1.82, 2.24) is 0 Å². The Kier molecular flexibility index (Phi) is 4.15. The Morgan fingerprint density at radius 3 is 2.56 bits per heavy atom. The normalized spacial score (nSPS) is 49.8. The summed E-state index contributed by atoms with van der Waals surface area (Å²) in [6, 6.07) is 0. The van der Waals surface area contributed by atoms with Crippen LogP contribution in [0.25, 0.3) is 0 Å². The fraction of sp³-hybridized carbons (Fsp3) is 0.895. The number of hydrogen-bond acceptors (Lipinski definition) is 4. The molecule has 3 saturated carbocycles. The van der Waals surface area contributed by atoms with Crippen LogP contribution in [-0.2, 0) is 14.6 Å². The zero-order valence-corrected chi connectivity index (χ0v) is 16.0. The van der Waals surface area contributed by atoms with E-state index in [1.165, 1.54) is 5.57 Å². The molecule has 0 saturated heterocycles. The Morgan fingerprint density at radius 2 is 1.84 bits per heavy atom. The van der Waals surface area contributed by atoms with Crippen LogP contribution in [0.1, 0.15) is 65.2 Å². The van der Waals surface area contributed by atoms with Crippen molar-refractivity contribution in [1.29, 1.82) is 0 Å². The molecule has 4 rings (SSSR count). The molecule has 6 heteroatoms. The summed E-state index contributed by atoms with van der Waals surface area (Å²) >= 11 is 0. The van der Waals surface area contributed by atoms with E-state index >= 15 is 0 Å². The number of fused-ring (bicyclic) bond motifs is 5. The van der Waals surface area contributed by atoms with E-state index < -0.39 is 16.5 Å². The summed E-state index contributed by atoms with van der Waals surface area (Å²) in [5, 5.41) is 10.5. The van der Waals surface area contributed by atoms with Crippen LogP contribution in [0.5, 0.6) is 0 Å². The lowest BCUT2D eigenvalue weighted by molar-refractivity contribution is -0.0757. The first-order chi connectivity index (χ1) is 11.6. The minimum atomic E-state index is -4.40. The smallest absolute Gasteiger partial charge is 0.393 e. The standard InChI is InChI=1S/C19H30O5S/c1-18-9-7-13(24-25(21,22)23)11-12(18)3-4-14-15-5-6-17(20)19(15,2)10-8-16(14)18/h11,13-17,20H,3-10H2,1-2H3,(H,21,22,23)/t13-,14-,15-,16-,17-,18-,19-/m0/s1. The number of aliphatic hydroxyl groups excluding tert-OH is 1. The second-order valence-electron chi connectivity index (χ2n) is 9.26. The minimum Gasteiger partial charge on any atom is -0.393 e. The lowest BCUT2D eigenvalue weighted by Crippen LogP contribution is -2.51. The SMILES string of the molecule is C[C@]12CC[C@H]3[C@@H](CCC4=C[C@@H](OS(=O)(=O)O)CC[C@@]43C)[C@@H]1CC[C@@H]2O. The largest absolute Gasteiger partial charge is 0.397 e. The van der Waals surface area contributed by atoms with Crippen LogP contribution in [0.3, 0.4) is 0 Å². The highest BCUT2D eigenvalue weighted by molar-refractivity contribution is 7.80. The van der Waals surface area contributed by atoms with E-state index in [0.717, 1.165) is 44.9 Å². The van der Waals surface area contributed by atoms with Crippen LogP contribution in [0.2, 0.25) is 0 Å². The molecule has 0 spiro atoms. The number of hydrogen-bond donors (Lipinski definition) is 2. The predicted octanol–water partition coefficient (Wildman–Crippen LogP) is 3.50. The summed E-state index contributed by atoms with van der Waals surface area (Å²) in [5.41, 5.74) is 1.51. The van der Waals surface area contributed by atoms with Crippen molar-refractivity contribution < 1.29 is 22.3 Å². The van der Waals surface area contributed by atoms with Crippen molar-refractivity contribution in [2.45, 2.75) is 77.4 Å². The van der Waals surface area contributed by atoms with Crippen molar-refractivity contribution in [2.75, 3.05) is 0 Å². The topological polar surface area (TPSA) is 83.8 Å². The van der Waals surface area contributed by atoms with Gasteiger partial charge in [-0.25, -0.2) is 4.18 Å². The minimum absolute atomic E-state index is 0.0873. The molecule has 0 aliphatic heterocycles. The number of aliphatic hydroxyl groups is 1. The van der Waals surface area contributed by atoms with Crippen LogP contribution in [-0.4, -0.2) is 30.3 Å². The van der Waals surface area contributed by atoms with Crippen molar-refractivity contribution in [3.05, 3.63) is 11.6 Å². The summed E-state index contributed by atoms with van der Waals surface area (Å²) in [6.07, 6.45) is 9.24. The summed E-state index contributed by atoms with van der Waals surface area (Å²) < 4.78 is 35.9. The molecule has 0 bridgehead atoms. The van der Waals surface area contributed by atoms with Gasteiger partial charge < -0.3 is 5.11 Å². The second-order valence-corrected chi connectivity index (χ2v) is 10.3. The fourth-order valence-electron chi connectivity index (χ4n) is 6.90. The third-order valence-electron chi connectivity index (χ3n) is 8.27. The van der Waals surface area contributed by atoms with Crippen LogP contribution in [0.4, 0.5) is 0 Å². The fourth-order valence-corrected chi connectivity index (χ4v) is 7.37. The summed E-state index contributed by atoms with van der Waals surface area (Å²) in [4.78, 5) is 0. The third kappa shape index (κ3) is 2.80. The van der Waals surface area contributed by atoms with E-state index in [-0.39, 0.29) is 16.9 Å². The average Bonchev–Trinajstić information content (AvgIpc) is 2.82. The van der Waals surface area contributed by atoms with Crippen molar-refractivity contribution in [2.24, 2.45) is 28.6 Å². The molecule has 0 amide bonds. The maximum Gasteiger partial charge on any atom is 0.397 e. The van der Waals surface area contributed by atoms with Crippen LogP contribution < -0.4 is 0 Å². The van der Waals surface area contributed by atoms with Gasteiger partial charge in [-0.2, -0.15) is 8.42 Å². The van der Waals surface area contributed by atoms with Crippen LogP contribution >= 0.6 is 0 Å². The molecule has 142 valence electrons. The molecular formula is C19H30O5S. The maximum absolute atomic E-state index is 11.0. The molecule has 0 unspecified atom stereocenters. The highest BCUT2D eigenvalue weighted by atomic mass is 32.3. The van der Waals surface area contributed by atoms with E-state index in [4.69, 9.17) is 8.74 Å². The van der Waals surface area contributed by atoms with Gasteiger partial charge in [0.25, 0.3) is 0 Å². The molecule has 0 aromatic heterocycles. The lowest BCUT2D eigenvalue weighted by atomic mass is 9.47. The van der Waals surface area contributed by atoms with E-state index in [0.29, 0.717) is 24.2 Å². The highest BCUT2D eigenvalue weighted by Gasteiger charge is 2.58. The van der Waals surface area contributed by atoms with Gasteiger partial charge >= 0.3 is 10.4 Å². The van der Waals surface area contributed by atoms with Gasteiger partial charge in [-0.05, 0) is 80.0 Å². The average molecular weight is 371 g/mol. The summed E-state index contributed by atoms with van der Waals surface area (Å²) in [6.45, 7) is 4.63. The Hall–Kier alpha value is -0.430. The molecule has 0 aromatic rings. The van der Waals surface area contributed by atoms with Crippen LogP contribution in [0.15, 0.2) is 11.6 Å². The molecule has 25 heavy (non-hydrogen) atoms. The zero-order chi connectivity index (χ0) is 18.0. The Bertz CT molecular complexity index is 686. The summed E-state index contributed by atoms with van der Waals surface area (Å²) in [5.74, 6) is 1.89. The maximum atomic E-state index is 11.0. The van der Waals surface area contributed by atoms with E-state index in [1.54, 1.807) is 0 Å². The van der Waals surface area contributed by atoms with Crippen molar-refractivity contribution in [3.8, 4) is 0 Å². The molecular weight excluding hydrogens is 340 g/mol. The molecule has 0 heterocycles. The number of rotatable bonds is 2. The number of allylic oxidation sites excluding steroid dienone is 1. The van der Waals surface area contributed by atoms with E-state index in [2.05, 4.69) is 13.8 Å². The molecule has 7 atom stereocenters. The highest BCUT2D eigenvalue weighted by Crippen LogP contribution is 2.65.